The van der Waals surface area contributed by atoms with Crippen molar-refractivity contribution in [3.63, 3.8) is 0 Å². The van der Waals surface area contributed by atoms with Crippen molar-refractivity contribution in [2.45, 2.75) is 31.5 Å². The number of rotatable bonds is 7. The van der Waals surface area contributed by atoms with E-state index in [9.17, 15) is 20.1 Å². The Balaban J connectivity index is 3.10. The number of carbonyl (C=O) groups is 1. The van der Waals surface area contributed by atoms with E-state index in [2.05, 4.69) is 10.3 Å². The maximum Gasteiger partial charge on any atom is 0.369 e. The second kappa shape index (κ2) is 7.39. The van der Waals surface area contributed by atoms with Crippen molar-refractivity contribution in [2.75, 3.05) is 26.8 Å². The summed E-state index contributed by atoms with van der Waals surface area (Å²) in [5.74, 6) is -0.649. The highest BCUT2D eigenvalue weighted by atomic mass is 16.5. The molecule has 0 saturated heterocycles. The maximum absolute atomic E-state index is 10.7. The van der Waals surface area contributed by atoms with Gasteiger partial charge in [0.25, 0.3) is 0 Å². The summed E-state index contributed by atoms with van der Waals surface area (Å²) in [6, 6.07) is 0. The number of carboxylic acid groups (broad SMARTS) is 1. The van der Waals surface area contributed by atoms with Crippen molar-refractivity contribution in [1.29, 1.82) is 0 Å². The molecule has 8 nitrogen and oxygen atoms in total. The zero-order valence-corrected chi connectivity index (χ0v) is 12.2. The third-order valence-corrected chi connectivity index (χ3v) is 3.12. The smallest absolute Gasteiger partial charge is 0.369 e. The van der Waals surface area contributed by atoms with Crippen LogP contribution < -0.4 is 10.3 Å². The van der Waals surface area contributed by atoms with Gasteiger partial charge in [0.1, 0.15) is 5.60 Å². The van der Waals surface area contributed by atoms with E-state index in [1.165, 1.54) is 7.11 Å². The molecule has 1 aliphatic carbocycles. The first-order valence-corrected chi connectivity index (χ1v) is 6.65. The van der Waals surface area contributed by atoms with Gasteiger partial charge in [-0.2, -0.15) is 0 Å². The predicted octanol–water partition coefficient (Wildman–Crippen LogP) is -3.06. The molecule has 0 aromatic rings. The molecule has 0 aliphatic heterocycles. The standard InChI is InChI=1S/C13H22N2O6/c1-8(17)5-14-9-3-13(20,7-16)4-10(12(9)21-2)15-6-11(18)19/h8,14,16-17,20H,3-7H2,1-2H3,(H,18,19)/p+1/t8?,13-/m1/s1. The lowest BCUT2D eigenvalue weighted by molar-refractivity contribution is -0.449. The predicted molar refractivity (Wildman–Crippen MR) is 73.5 cm³/mol. The maximum atomic E-state index is 10.7. The summed E-state index contributed by atoms with van der Waals surface area (Å²) < 4.78 is 5.27. The Morgan fingerprint density at radius 2 is 2.19 bits per heavy atom. The fourth-order valence-electron chi connectivity index (χ4n) is 2.16. The second-order valence-corrected chi connectivity index (χ2v) is 5.20. The SMILES string of the molecule is COC1=C(NCC(C)O)C[C@](O)(CO)CC1=[NH+]CC(=O)O. The monoisotopic (exact) mass is 303 g/mol. The third-order valence-electron chi connectivity index (χ3n) is 3.12. The van der Waals surface area contributed by atoms with E-state index in [-0.39, 0.29) is 25.9 Å². The van der Waals surface area contributed by atoms with Gasteiger partial charge in [-0.1, -0.05) is 0 Å². The molecule has 0 aromatic heterocycles. The fraction of sp³-hybridized carbons (Fsp3) is 0.692. The molecule has 0 heterocycles. The number of methoxy groups -OCH3 is 1. The summed E-state index contributed by atoms with van der Waals surface area (Å²) in [7, 11) is 1.44. The van der Waals surface area contributed by atoms with E-state index >= 15 is 0 Å². The topological polar surface area (TPSA) is 133 Å². The number of carboxylic acids is 1. The van der Waals surface area contributed by atoms with Crippen LogP contribution in [0.5, 0.6) is 0 Å². The molecule has 21 heavy (non-hydrogen) atoms. The molecule has 0 spiro atoms. The van der Waals surface area contributed by atoms with Crippen molar-refractivity contribution in [2.24, 2.45) is 0 Å². The normalized spacial score (nSPS) is 25.9. The highest BCUT2D eigenvalue weighted by Gasteiger charge is 2.40. The minimum atomic E-state index is -1.40. The Hall–Kier alpha value is -1.64. The van der Waals surface area contributed by atoms with E-state index in [0.717, 1.165) is 0 Å². The number of allylic oxidation sites excluding steroid dienone is 1. The highest BCUT2D eigenvalue weighted by molar-refractivity contribution is 5.96. The van der Waals surface area contributed by atoms with Crippen LogP contribution in [0.4, 0.5) is 0 Å². The Kier molecular flexibility index (Phi) is 6.13. The molecule has 0 fully saturated rings. The van der Waals surface area contributed by atoms with E-state index in [1.54, 1.807) is 6.92 Å². The molecule has 1 unspecified atom stereocenters. The number of aliphatic hydroxyl groups excluding tert-OH is 2. The van der Waals surface area contributed by atoms with Crippen LogP contribution in [0.15, 0.2) is 11.5 Å². The van der Waals surface area contributed by atoms with Gasteiger partial charge in [0, 0.05) is 13.0 Å². The van der Waals surface area contributed by atoms with Gasteiger partial charge >= 0.3 is 5.97 Å². The van der Waals surface area contributed by atoms with Crippen molar-refractivity contribution in [3.8, 4) is 0 Å². The summed E-state index contributed by atoms with van der Waals surface area (Å²) >= 11 is 0. The first-order chi connectivity index (χ1) is 9.81. The first-order valence-electron chi connectivity index (χ1n) is 6.65. The van der Waals surface area contributed by atoms with Crippen LogP contribution in [0.25, 0.3) is 0 Å². The van der Waals surface area contributed by atoms with Crippen molar-refractivity contribution < 1.29 is 34.9 Å². The van der Waals surface area contributed by atoms with E-state index in [1.807, 2.05) is 0 Å². The number of aliphatic hydroxyl groups is 3. The first kappa shape index (κ1) is 17.4. The van der Waals surface area contributed by atoms with Crippen LogP contribution >= 0.6 is 0 Å². The third kappa shape index (κ3) is 5.00. The Labute approximate surface area is 122 Å². The van der Waals surface area contributed by atoms with Gasteiger partial charge in [-0.05, 0) is 6.92 Å². The summed E-state index contributed by atoms with van der Waals surface area (Å²) in [6.07, 6.45) is -0.424. The summed E-state index contributed by atoms with van der Waals surface area (Å²) in [6.45, 7) is 1.06. The Morgan fingerprint density at radius 3 is 2.67 bits per heavy atom. The molecule has 0 aromatic carbocycles. The summed E-state index contributed by atoms with van der Waals surface area (Å²) in [5.41, 5.74) is -0.492. The molecule has 0 amide bonds. The highest BCUT2D eigenvalue weighted by Crippen LogP contribution is 2.28. The van der Waals surface area contributed by atoms with Gasteiger partial charge in [0.15, 0.2) is 0 Å². The molecular weight excluding hydrogens is 280 g/mol. The van der Waals surface area contributed by atoms with E-state index in [0.29, 0.717) is 17.2 Å². The van der Waals surface area contributed by atoms with E-state index in [4.69, 9.17) is 9.84 Å². The van der Waals surface area contributed by atoms with Crippen LogP contribution in [0, 0.1) is 0 Å². The Bertz CT molecular complexity index is 446. The molecule has 2 atom stereocenters. The van der Waals surface area contributed by atoms with Crippen molar-refractivity contribution in [3.05, 3.63) is 11.5 Å². The zero-order valence-electron chi connectivity index (χ0n) is 12.2. The molecule has 0 saturated carbocycles. The second-order valence-electron chi connectivity index (χ2n) is 5.20. The Morgan fingerprint density at radius 1 is 1.52 bits per heavy atom. The van der Waals surface area contributed by atoms with E-state index < -0.39 is 24.3 Å². The number of ether oxygens (including phenoxy) is 1. The van der Waals surface area contributed by atoms with Crippen LogP contribution in [0.1, 0.15) is 19.8 Å². The molecule has 0 radical (unpaired) electrons. The van der Waals surface area contributed by atoms with Gasteiger partial charge in [0.2, 0.25) is 18.0 Å². The quantitative estimate of drug-likeness (QED) is 0.294. The average molecular weight is 303 g/mol. The molecule has 8 heteroatoms. The molecule has 120 valence electrons. The molecule has 1 rings (SSSR count). The number of hydrogen-bond acceptors (Lipinski definition) is 6. The van der Waals surface area contributed by atoms with Gasteiger partial charge in [-0.15, -0.1) is 0 Å². The van der Waals surface area contributed by atoms with Gasteiger partial charge in [0.05, 0.1) is 31.9 Å². The summed E-state index contributed by atoms with van der Waals surface area (Å²) in [4.78, 5) is 13.4. The molecule has 0 bridgehead atoms. The van der Waals surface area contributed by atoms with Crippen molar-refractivity contribution in [1.82, 2.24) is 5.32 Å². The average Bonchev–Trinajstić information content (AvgIpc) is 2.42. The lowest BCUT2D eigenvalue weighted by atomic mass is 9.85. The van der Waals surface area contributed by atoms with Crippen LogP contribution in [-0.4, -0.2) is 70.6 Å². The zero-order chi connectivity index (χ0) is 16.0. The van der Waals surface area contributed by atoms with Gasteiger partial charge < -0.3 is 30.5 Å². The summed E-state index contributed by atoms with van der Waals surface area (Å²) in [5, 5.41) is 40.7. The van der Waals surface area contributed by atoms with Gasteiger partial charge in [-0.3, -0.25) is 0 Å². The van der Waals surface area contributed by atoms with Gasteiger partial charge in [-0.25, -0.2) is 9.79 Å². The molecule has 6 N–H and O–H groups in total. The van der Waals surface area contributed by atoms with Crippen LogP contribution in [0.3, 0.4) is 0 Å². The number of nitrogens with one attached hydrogen (secondary N) is 2. The molecule has 1 aliphatic rings. The lowest BCUT2D eigenvalue weighted by Crippen LogP contribution is -2.77. The minimum absolute atomic E-state index is 0.0554. The van der Waals surface area contributed by atoms with Crippen LogP contribution in [-0.2, 0) is 9.53 Å². The number of hydrogen-bond donors (Lipinski definition) is 6. The van der Waals surface area contributed by atoms with Crippen molar-refractivity contribution >= 4 is 11.7 Å². The largest absolute Gasteiger partial charge is 0.489 e. The molecular formula is C13H23N2O6+. The lowest BCUT2D eigenvalue weighted by Gasteiger charge is -2.32. The van der Waals surface area contributed by atoms with Crippen LogP contribution in [0.2, 0.25) is 0 Å². The number of aliphatic carboxylic acids is 1. The fourth-order valence-corrected chi connectivity index (χ4v) is 2.16. The minimum Gasteiger partial charge on any atom is -0.489 e.